The molecule has 0 aliphatic carbocycles. The number of H-pyrrole nitrogens is 1. The van der Waals surface area contributed by atoms with E-state index in [-0.39, 0.29) is 10.6 Å². The van der Waals surface area contributed by atoms with Gasteiger partial charge in [0.25, 0.3) is 0 Å². The minimum atomic E-state index is -3.53. The van der Waals surface area contributed by atoms with Crippen LogP contribution >= 0.6 is 11.8 Å². The number of aliphatic hydroxyl groups is 2. The summed E-state index contributed by atoms with van der Waals surface area (Å²) >= 11 is 1.07. The van der Waals surface area contributed by atoms with Crippen LogP contribution in [-0.2, 0) is 10.0 Å². The SMILES string of the molecule is CNS(=O)(=O)c1cccc(-c2nc(SCC(O)O)n[nH]2)c1. The average molecular weight is 330 g/mol. The van der Waals surface area contributed by atoms with Crippen LogP contribution in [-0.4, -0.2) is 52.9 Å². The molecule has 0 saturated carbocycles. The largest absolute Gasteiger partial charge is 0.367 e. The molecule has 0 saturated heterocycles. The molecule has 0 fully saturated rings. The Kier molecular flexibility index (Phi) is 4.96. The molecule has 4 N–H and O–H groups in total. The molecular formula is C11H14N4O4S2. The Bertz CT molecular complexity index is 715. The first-order chi connectivity index (χ1) is 9.92. The van der Waals surface area contributed by atoms with E-state index < -0.39 is 16.3 Å². The van der Waals surface area contributed by atoms with E-state index in [4.69, 9.17) is 10.2 Å². The number of aliphatic hydroxyl groups excluding tert-OH is 1. The van der Waals surface area contributed by atoms with Gasteiger partial charge in [-0.05, 0) is 19.2 Å². The first kappa shape index (κ1) is 15.9. The van der Waals surface area contributed by atoms with Crippen LogP contribution < -0.4 is 4.72 Å². The zero-order valence-electron chi connectivity index (χ0n) is 11.0. The van der Waals surface area contributed by atoms with Crippen molar-refractivity contribution in [3.63, 3.8) is 0 Å². The molecule has 0 spiro atoms. The highest BCUT2D eigenvalue weighted by molar-refractivity contribution is 7.99. The zero-order valence-corrected chi connectivity index (χ0v) is 12.6. The second kappa shape index (κ2) is 6.54. The van der Waals surface area contributed by atoms with Crippen molar-refractivity contribution in [2.75, 3.05) is 12.8 Å². The van der Waals surface area contributed by atoms with Gasteiger partial charge in [0.1, 0.15) is 0 Å². The van der Waals surface area contributed by atoms with Crippen LogP contribution in [0.1, 0.15) is 0 Å². The van der Waals surface area contributed by atoms with E-state index in [0.29, 0.717) is 16.5 Å². The third kappa shape index (κ3) is 4.02. The molecule has 8 nitrogen and oxygen atoms in total. The van der Waals surface area contributed by atoms with E-state index in [1.54, 1.807) is 12.1 Å². The summed E-state index contributed by atoms with van der Waals surface area (Å²) in [6.45, 7) is 0. The molecule has 0 amide bonds. The molecule has 2 aromatic rings. The van der Waals surface area contributed by atoms with Crippen LogP contribution in [0.15, 0.2) is 34.3 Å². The number of sulfonamides is 1. The summed E-state index contributed by atoms with van der Waals surface area (Å²) in [5.74, 6) is 0.448. The summed E-state index contributed by atoms with van der Waals surface area (Å²) in [4.78, 5) is 4.28. The summed E-state index contributed by atoms with van der Waals surface area (Å²) in [5, 5.41) is 24.5. The molecule has 1 aromatic heterocycles. The van der Waals surface area contributed by atoms with Gasteiger partial charge in [-0.1, -0.05) is 23.9 Å². The van der Waals surface area contributed by atoms with Gasteiger partial charge < -0.3 is 10.2 Å². The number of benzene rings is 1. The number of aromatic amines is 1. The number of nitrogens with zero attached hydrogens (tertiary/aromatic N) is 2. The number of hydrogen-bond acceptors (Lipinski definition) is 7. The standard InChI is InChI=1S/C11H14N4O4S2/c1-12-21(18,19)8-4-2-3-7(5-8)10-13-11(15-14-10)20-6-9(16)17/h2-5,9,12,16-17H,6H2,1H3,(H,13,14,15). The number of thioether (sulfide) groups is 1. The van der Waals surface area contributed by atoms with Crippen molar-refractivity contribution < 1.29 is 18.6 Å². The van der Waals surface area contributed by atoms with Crippen LogP contribution in [0.5, 0.6) is 0 Å². The molecule has 0 atom stereocenters. The minimum Gasteiger partial charge on any atom is -0.367 e. The second-order valence-electron chi connectivity index (χ2n) is 3.99. The van der Waals surface area contributed by atoms with E-state index in [2.05, 4.69) is 19.9 Å². The lowest BCUT2D eigenvalue weighted by molar-refractivity contribution is -0.0186. The fourth-order valence-electron chi connectivity index (χ4n) is 1.52. The van der Waals surface area contributed by atoms with E-state index in [1.165, 1.54) is 19.2 Å². The number of nitrogens with one attached hydrogen (secondary N) is 2. The predicted molar refractivity (Wildman–Crippen MR) is 77.0 cm³/mol. The fraction of sp³-hybridized carbons (Fsp3) is 0.273. The first-order valence-corrected chi connectivity index (χ1v) is 8.34. The lowest BCUT2D eigenvalue weighted by atomic mass is 10.2. The van der Waals surface area contributed by atoms with Gasteiger partial charge in [-0.3, -0.25) is 5.10 Å². The van der Waals surface area contributed by atoms with Crippen molar-refractivity contribution >= 4 is 21.8 Å². The smallest absolute Gasteiger partial charge is 0.240 e. The molecule has 0 bridgehead atoms. The van der Waals surface area contributed by atoms with Gasteiger partial charge in [-0.2, -0.15) is 0 Å². The molecule has 0 radical (unpaired) electrons. The maximum Gasteiger partial charge on any atom is 0.240 e. The zero-order chi connectivity index (χ0) is 15.5. The van der Waals surface area contributed by atoms with Gasteiger partial charge in [0, 0.05) is 5.56 Å². The van der Waals surface area contributed by atoms with Crippen LogP contribution in [0.25, 0.3) is 11.4 Å². The summed E-state index contributed by atoms with van der Waals surface area (Å²) in [6, 6.07) is 6.25. The molecular weight excluding hydrogens is 316 g/mol. The highest BCUT2D eigenvalue weighted by Gasteiger charge is 2.14. The van der Waals surface area contributed by atoms with Gasteiger partial charge in [0.05, 0.1) is 10.6 Å². The Morgan fingerprint density at radius 2 is 2.19 bits per heavy atom. The van der Waals surface area contributed by atoms with Crippen molar-refractivity contribution in [2.45, 2.75) is 16.3 Å². The molecule has 114 valence electrons. The molecule has 0 unspecified atom stereocenters. The van der Waals surface area contributed by atoms with Gasteiger partial charge in [-0.25, -0.2) is 18.1 Å². The van der Waals surface area contributed by atoms with E-state index in [1.807, 2.05) is 0 Å². The van der Waals surface area contributed by atoms with Crippen LogP contribution in [0.2, 0.25) is 0 Å². The quantitative estimate of drug-likeness (QED) is 0.426. The van der Waals surface area contributed by atoms with Crippen molar-refractivity contribution in [3.8, 4) is 11.4 Å². The lowest BCUT2D eigenvalue weighted by Crippen LogP contribution is -2.18. The third-order valence-corrected chi connectivity index (χ3v) is 4.83. The van der Waals surface area contributed by atoms with Gasteiger partial charge in [-0.15, -0.1) is 5.10 Å². The van der Waals surface area contributed by atoms with Crippen LogP contribution in [0.3, 0.4) is 0 Å². The normalized spacial score (nSPS) is 12.0. The maximum atomic E-state index is 11.8. The molecule has 10 heteroatoms. The average Bonchev–Trinajstić information content (AvgIpc) is 2.94. The van der Waals surface area contributed by atoms with E-state index in [9.17, 15) is 8.42 Å². The predicted octanol–water partition coefficient (Wildman–Crippen LogP) is -0.217. The third-order valence-electron chi connectivity index (χ3n) is 2.51. The second-order valence-corrected chi connectivity index (χ2v) is 6.87. The first-order valence-electron chi connectivity index (χ1n) is 5.87. The highest BCUT2D eigenvalue weighted by atomic mass is 32.2. The molecule has 1 heterocycles. The van der Waals surface area contributed by atoms with Crippen molar-refractivity contribution in [1.82, 2.24) is 19.9 Å². The molecule has 2 rings (SSSR count). The van der Waals surface area contributed by atoms with E-state index >= 15 is 0 Å². The van der Waals surface area contributed by atoms with Crippen LogP contribution in [0.4, 0.5) is 0 Å². The van der Waals surface area contributed by atoms with Crippen molar-refractivity contribution in [3.05, 3.63) is 24.3 Å². The Hall–Kier alpha value is -1.46. The summed E-state index contributed by atoms with van der Waals surface area (Å²) in [6.07, 6.45) is -1.44. The minimum absolute atomic E-state index is 0.0471. The number of aromatic nitrogens is 3. The molecule has 0 aliphatic rings. The summed E-state index contributed by atoms with van der Waals surface area (Å²) < 4.78 is 25.7. The van der Waals surface area contributed by atoms with Gasteiger partial charge in [0.15, 0.2) is 12.1 Å². The number of hydrogen-bond donors (Lipinski definition) is 4. The molecule has 1 aromatic carbocycles. The Morgan fingerprint density at radius 3 is 2.86 bits per heavy atom. The Morgan fingerprint density at radius 1 is 1.43 bits per heavy atom. The topological polar surface area (TPSA) is 128 Å². The highest BCUT2D eigenvalue weighted by Crippen LogP contribution is 2.21. The van der Waals surface area contributed by atoms with Crippen LogP contribution in [0, 0.1) is 0 Å². The Balaban J connectivity index is 2.25. The lowest BCUT2D eigenvalue weighted by Gasteiger charge is -2.03. The monoisotopic (exact) mass is 330 g/mol. The van der Waals surface area contributed by atoms with Gasteiger partial charge in [0.2, 0.25) is 15.2 Å². The van der Waals surface area contributed by atoms with Crippen molar-refractivity contribution in [1.29, 1.82) is 0 Å². The van der Waals surface area contributed by atoms with Gasteiger partial charge >= 0.3 is 0 Å². The summed E-state index contributed by atoms with van der Waals surface area (Å²) in [7, 11) is -2.19. The van der Waals surface area contributed by atoms with Crippen molar-refractivity contribution in [2.24, 2.45) is 0 Å². The number of rotatable bonds is 6. The molecule has 0 aliphatic heterocycles. The summed E-state index contributed by atoms with van der Waals surface area (Å²) in [5.41, 5.74) is 0.565. The Labute approximate surface area is 125 Å². The maximum absolute atomic E-state index is 11.8. The molecule has 21 heavy (non-hydrogen) atoms. The van der Waals surface area contributed by atoms with E-state index in [0.717, 1.165) is 11.8 Å². The fourth-order valence-corrected chi connectivity index (χ4v) is 2.86.